The lowest BCUT2D eigenvalue weighted by atomic mass is 10.0. The van der Waals surface area contributed by atoms with Gasteiger partial charge in [0.15, 0.2) is 5.78 Å². The van der Waals surface area contributed by atoms with Crippen LogP contribution in [0.3, 0.4) is 0 Å². The van der Waals surface area contributed by atoms with Crippen LogP contribution in [-0.2, 0) is 0 Å². The van der Waals surface area contributed by atoms with Gasteiger partial charge in [-0.15, -0.1) is 0 Å². The Hall–Kier alpha value is -3.20. The molecule has 2 aromatic carbocycles. The molecule has 116 valence electrons. The Morgan fingerprint density at radius 1 is 0.917 bits per heavy atom. The second-order valence-electron chi connectivity index (χ2n) is 5.82. The van der Waals surface area contributed by atoms with Gasteiger partial charge < -0.3 is 4.98 Å². The number of ketones is 1. The monoisotopic (exact) mass is 312 g/mol. The lowest BCUT2D eigenvalue weighted by Crippen LogP contribution is -1.90. The van der Waals surface area contributed by atoms with Crippen LogP contribution < -0.4 is 0 Å². The first-order valence-corrected chi connectivity index (χ1v) is 7.86. The number of hydrogen-bond donors (Lipinski definition) is 1. The first-order chi connectivity index (χ1) is 11.7. The topological polar surface area (TPSA) is 45.8 Å². The fourth-order valence-electron chi connectivity index (χ4n) is 2.92. The van der Waals surface area contributed by atoms with Crippen molar-refractivity contribution in [1.29, 1.82) is 0 Å². The predicted molar refractivity (Wildman–Crippen MR) is 97.0 cm³/mol. The van der Waals surface area contributed by atoms with E-state index in [1.54, 1.807) is 6.92 Å². The highest BCUT2D eigenvalue weighted by molar-refractivity contribution is 5.97. The molecule has 4 aromatic rings. The van der Waals surface area contributed by atoms with Crippen LogP contribution in [0.1, 0.15) is 17.3 Å². The van der Waals surface area contributed by atoms with Crippen molar-refractivity contribution in [3.8, 4) is 22.3 Å². The van der Waals surface area contributed by atoms with E-state index in [0.717, 1.165) is 38.9 Å². The van der Waals surface area contributed by atoms with Crippen LogP contribution in [0.4, 0.5) is 0 Å². The third-order valence-electron chi connectivity index (χ3n) is 4.24. The minimum atomic E-state index is 0.0773. The number of rotatable bonds is 3. The maximum absolute atomic E-state index is 11.4. The van der Waals surface area contributed by atoms with Crippen molar-refractivity contribution in [2.75, 3.05) is 0 Å². The summed E-state index contributed by atoms with van der Waals surface area (Å²) < 4.78 is 0. The zero-order valence-electron chi connectivity index (χ0n) is 13.3. The average Bonchev–Trinajstić information content (AvgIpc) is 3.05. The van der Waals surface area contributed by atoms with E-state index >= 15 is 0 Å². The summed E-state index contributed by atoms with van der Waals surface area (Å²) in [6.07, 6.45) is 3.85. The van der Waals surface area contributed by atoms with Gasteiger partial charge in [0, 0.05) is 34.5 Å². The fraction of sp³-hybridized carbons (Fsp3) is 0.0476. The van der Waals surface area contributed by atoms with Crippen LogP contribution in [0.5, 0.6) is 0 Å². The second kappa shape index (κ2) is 5.78. The molecule has 0 bridgehead atoms. The number of nitrogens with zero attached hydrogens (tertiary/aromatic N) is 1. The van der Waals surface area contributed by atoms with Crippen molar-refractivity contribution in [2.24, 2.45) is 0 Å². The molecule has 0 aliphatic rings. The zero-order valence-corrected chi connectivity index (χ0v) is 13.3. The van der Waals surface area contributed by atoms with Crippen molar-refractivity contribution >= 4 is 16.8 Å². The van der Waals surface area contributed by atoms with E-state index in [1.807, 2.05) is 54.9 Å². The van der Waals surface area contributed by atoms with Gasteiger partial charge in [-0.1, -0.05) is 54.6 Å². The van der Waals surface area contributed by atoms with Gasteiger partial charge >= 0.3 is 0 Å². The molecule has 0 fully saturated rings. The van der Waals surface area contributed by atoms with Crippen molar-refractivity contribution in [1.82, 2.24) is 9.97 Å². The van der Waals surface area contributed by atoms with Crippen LogP contribution in [0.2, 0.25) is 0 Å². The number of H-pyrrole nitrogens is 1. The number of benzene rings is 2. The Morgan fingerprint density at radius 2 is 1.67 bits per heavy atom. The van der Waals surface area contributed by atoms with Crippen molar-refractivity contribution < 1.29 is 4.79 Å². The number of carbonyl (C=O) groups is 1. The number of pyridine rings is 1. The van der Waals surface area contributed by atoms with Crippen LogP contribution in [0, 0.1) is 0 Å². The summed E-state index contributed by atoms with van der Waals surface area (Å²) >= 11 is 0. The molecule has 1 N–H and O–H groups in total. The van der Waals surface area contributed by atoms with Gasteiger partial charge in [-0.3, -0.25) is 4.79 Å². The van der Waals surface area contributed by atoms with Crippen molar-refractivity contribution in [3.05, 3.63) is 78.6 Å². The molecular weight excluding hydrogens is 296 g/mol. The molecule has 0 saturated carbocycles. The molecule has 0 radical (unpaired) electrons. The van der Waals surface area contributed by atoms with Gasteiger partial charge in [0.1, 0.15) is 5.65 Å². The lowest BCUT2D eigenvalue weighted by molar-refractivity contribution is 0.101. The molecule has 0 amide bonds. The highest BCUT2D eigenvalue weighted by atomic mass is 16.1. The van der Waals surface area contributed by atoms with Crippen LogP contribution in [0.25, 0.3) is 33.3 Å². The van der Waals surface area contributed by atoms with Gasteiger partial charge in [-0.05, 0) is 24.1 Å². The molecule has 0 saturated heterocycles. The molecule has 0 spiro atoms. The summed E-state index contributed by atoms with van der Waals surface area (Å²) in [4.78, 5) is 19.2. The molecule has 0 aliphatic heterocycles. The maximum atomic E-state index is 11.4. The second-order valence-corrected chi connectivity index (χ2v) is 5.82. The summed E-state index contributed by atoms with van der Waals surface area (Å²) in [6.45, 7) is 1.58. The van der Waals surface area contributed by atoms with E-state index in [2.05, 4.69) is 28.2 Å². The van der Waals surface area contributed by atoms with E-state index in [-0.39, 0.29) is 5.78 Å². The number of hydrogen-bond acceptors (Lipinski definition) is 2. The van der Waals surface area contributed by atoms with Gasteiger partial charge in [0.05, 0.1) is 0 Å². The number of aromatic amines is 1. The first-order valence-electron chi connectivity index (χ1n) is 7.86. The Bertz CT molecular complexity index is 1010. The van der Waals surface area contributed by atoms with E-state index in [0.29, 0.717) is 0 Å². The number of nitrogens with one attached hydrogen (secondary N) is 1. The van der Waals surface area contributed by atoms with Crippen LogP contribution in [-0.4, -0.2) is 15.8 Å². The van der Waals surface area contributed by atoms with E-state index in [1.165, 1.54) is 0 Å². The predicted octanol–water partition coefficient (Wildman–Crippen LogP) is 5.10. The molecule has 3 nitrogen and oxygen atoms in total. The molecule has 2 heterocycles. The maximum Gasteiger partial charge on any atom is 0.159 e. The SMILES string of the molecule is CC(=O)c1ccc(-c2c[nH]c3ncc(-c4ccccc4)cc23)cc1. The normalized spacial score (nSPS) is 10.9. The molecule has 0 atom stereocenters. The van der Waals surface area contributed by atoms with Crippen LogP contribution >= 0.6 is 0 Å². The lowest BCUT2D eigenvalue weighted by Gasteiger charge is -2.04. The average molecular weight is 312 g/mol. The number of carbonyl (C=O) groups excluding carboxylic acids is 1. The molecule has 2 aromatic heterocycles. The number of fused-ring (bicyclic) bond motifs is 1. The first kappa shape index (κ1) is 14.4. The molecule has 24 heavy (non-hydrogen) atoms. The Labute approximate surface area is 140 Å². The van der Waals surface area contributed by atoms with Crippen molar-refractivity contribution in [2.45, 2.75) is 6.92 Å². The smallest absolute Gasteiger partial charge is 0.159 e. The number of Topliss-reactive ketones (excluding diaryl/α,β-unsaturated/α-hetero) is 1. The minimum absolute atomic E-state index is 0.0773. The van der Waals surface area contributed by atoms with E-state index in [9.17, 15) is 4.79 Å². The molecule has 3 heteroatoms. The molecule has 0 aliphatic carbocycles. The van der Waals surface area contributed by atoms with E-state index in [4.69, 9.17) is 0 Å². The van der Waals surface area contributed by atoms with Gasteiger partial charge in [0.2, 0.25) is 0 Å². The Morgan fingerprint density at radius 3 is 2.38 bits per heavy atom. The number of aromatic nitrogens is 2. The third-order valence-corrected chi connectivity index (χ3v) is 4.24. The summed E-state index contributed by atoms with van der Waals surface area (Å²) in [5, 5.41) is 1.08. The standard InChI is InChI=1S/C21H16N2O/c1-14(24)15-7-9-17(10-8-15)20-13-23-21-19(20)11-18(12-22-21)16-5-3-2-4-6-16/h2-13H,1H3,(H,22,23). The summed E-state index contributed by atoms with van der Waals surface area (Å²) in [5.74, 6) is 0.0773. The Balaban J connectivity index is 1.83. The molecule has 4 rings (SSSR count). The van der Waals surface area contributed by atoms with Gasteiger partial charge in [-0.25, -0.2) is 4.98 Å². The largest absolute Gasteiger partial charge is 0.346 e. The summed E-state index contributed by atoms with van der Waals surface area (Å²) in [7, 11) is 0. The Kier molecular flexibility index (Phi) is 3.47. The highest BCUT2D eigenvalue weighted by Gasteiger charge is 2.09. The molecular formula is C21H16N2O. The summed E-state index contributed by atoms with van der Waals surface area (Å²) in [5.41, 5.74) is 5.97. The quantitative estimate of drug-likeness (QED) is 0.535. The van der Waals surface area contributed by atoms with E-state index < -0.39 is 0 Å². The minimum Gasteiger partial charge on any atom is -0.346 e. The van der Waals surface area contributed by atoms with Gasteiger partial charge in [0.25, 0.3) is 0 Å². The third kappa shape index (κ3) is 2.50. The van der Waals surface area contributed by atoms with Crippen LogP contribution in [0.15, 0.2) is 73.1 Å². The van der Waals surface area contributed by atoms with Gasteiger partial charge in [-0.2, -0.15) is 0 Å². The molecule has 0 unspecified atom stereocenters. The highest BCUT2D eigenvalue weighted by Crippen LogP contribution is 2.31. The van der Waals surface area contributed by atoms with Crippen molar-refractivity contribution in [3.63, 3.8) is 0 Å². The fourth-order valence-corrected chi connectivity index (χ4v) is 2.92. The zero-order chi connectivity index (χ0) is 16.5. The summed E-state index contributed by atoms with van der Waals surface area (Å²) in [6, 6.07) is 20.1.